The quantitative estimate of drug-likeness (QED) is 0.868. The lowest BCUT2D eigenvalue weighted by molar-refractivity contribution is -0.132. The Labute approximate surface area is 143 Å². The SMILES string of the molecule is CCOC(=O)N1CCN(C(=O)CCNc2ccc(CC)cc2)CC1. The van der Waals surface area contributed by atoms with Gasteiger partial charge in [-0.3, -0.25) is 4.79 Å². The zero-order valence-corrected chi connectivity index (χ0v) is 14.6. The van der Waals surface area contributed by atoms with Gasteiger partial charge in [0.15, 0.2) is 0 Å². The second kappa shape index (κ2) is 9.15. The zero-order valence-electron chi connectivity index (χ0n) is 14.6. The third kappa shape index (κ3) is 5.15. The van der Waals surface area contributed by atoms with E-state index in [1.54, 1.807) is 11.8 Å². The molecule has 0 saturated carbocycles. The Morgan fingerprint density at radius 2 is 1.67 bits per heavy atom. The molecule has 24 heavy (non-hydrogen) atoms. The smallest absolute Gasteiger partial charge is 0.409 e. The van der Waals surface area contributed by atoms with Crippen LogP contribution in [0.25, 0.3) is 0 Å². The van der Waals surface area contributed by atoms with Crippen molar-refractivity contribution in [1.82, 2.24) is 9.80 Å². The number of anilines is 1. The molecule has 0 aliphatic carbocycles. The number of hydrogen-bond donors (Lipinski definition) is 1. The van der Waals surface area contributed by atoms with E-state index in [-0.39, 0.29) is 12.0 Å². The predicted octanol–water partition coefficient (Wildman–Crippen LogP) is 2.35. The predicted molar refractivity (Wildman–Crippen MR) is 94.1 cm³/mol. The Kier molecular flexibility index (Phi) is 6.90. The summed E-state index contributed by atoms with van der Waals surface area (Å²) in [6.45, 7) is 7.13. The standard InChI is InChI=1S/C18H27N3O3/c1-3-15-5-7-16(8-6-15)19-10-9-17(22)20-11-13-21(14-12-20)18(23)24-4-2/h5-8,19H,3-4,9-14H2,1-2H3. The van der Waals surface area contributed by atoms with Gasteiger partial charge in [0.2, 0.25) is 5.91 Å². The Balaban J connectivity index is 1.68. The summed E-state index contributed by atoms with van der Waals surface area (Å²) in [4.78, 5) is 27.4. The van der Waals surface area contributed by atoms with Crippen LogP contribution in [0.3, 0.4) is 0 Å². The van der Waals surface area contributed by atoms with Gasteiger partial charge in [0.25, 0.3) is 0 Å². The number of amides is 2. The minimum absolute atomic E-state index is 0.121. The van der Waals surface area contributed by atoms with Crippen molar-refractivity contribution >= 4 is 17.7 Å². The van der Waals surface area contributed by atoms with Crippen molar-refractivity contribution in [2.24, 2.45) is 0 Å². The minimum Gasteiger partial charge on any atom is -0.450 e. The maximum Gasteiger partial charge on any atom is 0.409 e. The number of ether oxygens (including phenoxy) is 1. The Morgan fingerprint density at radius 3 is 2.25 bits per heavy atom. The Bertz CT molecular complexity index is 537. The summed E-state index contributed by atoms with van der Waals surface area (Å²) < 4.78 is 4.98. The molecule has 1 saturated heterocycles. The summed E-state index contributed by atoms with van der Waals surface area (Å²) in [5.74, 6) is 0.121. The second-order valence-corrected chi connectivity index (χ2v) is 5.79. The normalized spacial score (nSPS) is 14.4. The molecule has 6 nitrogen and oxygen atoms in total. The Morgan fingerprint density at radius 1 is 1.04 bits per heavy atom. The van der Waals surface area contributed by atoms with E-state index in [1.165, 1.54) is 5.56 Å². The van der Waals surface area contributed by atoms with E-state index in [1.807, 2.05) is 17.0 Å². The first kappa shape index (κ1) is 18.1. The zero-order chi connectivity index (χ0) is 17.4. The van der Waals surface area contributed by atoms with Crippen molar-refractivity contribution in [3.05, 3.63) is 29.8 Å². The van der Waals surface area contributed by atoms with Crippen LogP contribution in [-0.4, -0.2) is 61.1 Å². The minimum atomic E-state index is -0.290. The number of piperazine rings is 1. The van der Waals surface area contributed by atoms with Crippen LogP contribution < -0.4 is 5.32 Å². The number of carbonyl (C=O) groups is 2. The molecule has 1 fully saturated rings. The molecular weight excluding hydrogens is 306 g/mol. The highest BCUT2D eigenvalue weighted by molar-refractivity contribution is 5.77. The van der Waals surface area contributed by atoms with Crippen molar-refractivity contribution < 1.29 is 14.3 Å². The topological polar surface area (TPSA) is 61.9 Å². The average Bonchev–Trinajstić information content (AvgIpc) is 2.62. The summed E-state index contributed by atoms with van der Waals surface area (Å²) in [6.07, 6.45) is 1.19. The number of nitrogens with zero attached hydrogens (tertiary/aromatic N) is 2. The van der Waals surface area contributed by atoms with Crippen LogP contribution in [0.4, 0.5) is 10.5 Å². The molecule has 1 aliphatic rings. The molecule has 132 valence electrons. The number of nitrogens with one attached hydrogen (secondary N) is 1. The number of aryl methyl sites for hydroxylation is 1. The van der Waals surface area contributed by atoms with Gasteiger partial charge in [0, 0.05) is 44.8 Å². The van der Waals surface area contributed by atoms with Crippen LogP contribution in [0.2, 0.25) is 0 Å². The van der Waals surface area contributed by atoms with Crippen molar-refractivity contribution in [1.29, 1.82) is 0 Å². The second-order valence-electron chi connectivity index (χ2n) is 5.79. The van der Waals surface area contributed by atoms with E-state index in [4.69, 9.17) is 4.74 Å². The van der Waals surface area contributed by atoms with E-state index in [0.717, 1.165) is 12.1 Å². The number of rotatable bonds is 6. The van der Waals surface area contributed by atoms with Gasteiger partial charge in [-0.2, -0.15) is 0 Å². The lowest BCUT2D eigenvalue weighted by Gasteiger charge is -2.34. The molecule has 1 aromatic rings. The summed E-state index contributed by atoms with van der Waals surface area (Å²) in [5, 5.41) is 3.28. The molecule has 0 bridgehead atoms. The lowest BCUT2D eigenvalue weighted by Crippen LogP contribution is -2.50. The van der Waals surface area contributed by atoms with Crippen molar-refractivity contribution in [2.75, 3.05) is 44.6 Å². The van der Waals surface area contributed by atoms with Crippen molar-refractivity contribution in [3.63, 3.8) is 0 Å². The van der Waals surface area contributed by atoms with Gasteiger partial charge in [-0.25, -0.2) is 4.79 Å². The molecule has 1 aliphatic heterocycles. The molecule has 6 heteroatoms. The number of benzene rings is 1. The first-order valence-corrected chi connectivity index (χ1v) is 8.66. The van der Waals surface area contributed by atoms with Crippen LogP contribution in [0.5, 0.6) is 0 Å². The molecule has 0 radical (unpaired) electrons. The van der Waals surface area contributed by atoms with Crippen LogP contribution in [0.1, 0.15) is 25.8 Å². The lowest BCUT2D eigenvalue weighted by atomic mass is 10.1. The van der Waals surface area contributed by atoms with Gasteiger partial charge < -0.3 is 19.9 Å². The van der Waals surface area contributed by atoms with Crippen LogP contribution in [0, 0.1) is 0 Å². The highest BCUT2D eigenvalue weighted by Gasteiger charge is 2.24. The van der Waals surface area contributed by atoms with Crippen LogP contribution in [-0.2, 0) is 16.0 Å². The summed E-state index contributed by atoms with van der Waals surface area (Å²) in [6, 6.07) is 8.28. The fourth-order valence-corrected chi connectivity index (χ4v) is 2.68. The molecule has 1 aromatic carbocycles. The fraction of sp³-hybridized carbons (Fsp3) is 0.556. The first-order valence-electron chi connectivity index (χ1n) is 8.66. The molecule has 0 unspecified atom stereocenters. The van der Waals surface area contributed by atoms with Crippen LogP contribution in [0.15, 0.2) is 24.3 Å². The molecule has 0 spiro atoms. The molecule has 1 heterocycles. The third-order valence-electron chi connectivity index (χ3n) is 4.19. The van der Waals surface area contributed by atoms with Gasteiger partial charge >= 0.3 is 6.09 Å². The van der Waals surface area contributed by atoms with Gasteiger partial charge in [-0.15, -0.1) is 0 Å². The van der Waals surface area contributed by atoms with E-state index in [0.29, 0.717) is 45.8 Å². The fourth-order valence-electron chi connectivity index (χ4n) is 2.68. The highest BCUT2D eigenvalue weighted by Crippen LogP contribution is 2.10. The molecule has 1 N–H and O–H groups in total. The summed E-state index contributed by atoms with van der Waals surface area (Å²) >= 11 is 0. The molecule has 0 atom stereocenters. The Hall–Kier alpha value is -2.24. The maximum absolute atomic E-state index is 12.2. The molecule has 2 amide bonds. The molecular formula is C18H27N3O3. The van der Waals surface area contributed by atoms with Crippen molar-refractivity contribution in [3.8, 4) is 0 Å². The molecule has 2 rings (SSSR count). The first-order chi connectivity index (χ1) is 11.6. The monoisotopic (exact) mass is 333 g/mol. The summed E-state index contributed by atoms with van der Waals surface area (Å²) in [7, 11) is 0. The number of hydrogen-bond acceptors (Lipinski definition) is 4. The van der Waals surface area contributed by atoms with E-state index >= 15 is 0 Å². The summed E-state index contributed by atoms with van der Waals surface area (Å²) in [5.41, 5.74) is 2.34. The van der Waals surface area contributed by atoms with Gasteiger partial charge in [0.05, 0.1) is 6.61 Å². The van der Waals surface area contributed by atoms with Gasteiger partial charge in [0.1, 0.15) is 0 Å². The van der Waals surface area contributed by atoms with Gasteiger partial charge in [-0.05, 0) is 31.0 Å². The molecule has 0 aromatic heterocycles. The largest absolute Gasteiger partial charge is 0.450 e. The third-order valence-corrected chi connectivity index (χ3v) is 4.19. The van der Waals surface area contributed by atoms with E-state index < -0.39 is 0 Å². The van der Waals surface area contributed by atoms with Gasteiger partial charge in [-0.1, -0.05) is 19.1 Å². The highest BCUT2D eigenvalue weighted by atomic mass is 16.6. The number of carbonyl (C=O) groups excluding carboxylic acids is 2. The van der Waals surface area contributed by atoms with Crippen LogP contribution >= 0.6 is 0 Å². The average molecular weight is 333 g/mol. The maximum atomic E-state index is 12.2. The van der Waals surface area contributed by atoms with Crippen molar-refractivity contribution in [2.45, 2.75) is 26.7 Å². The van der Waals surface area contributed by atoms with E-state index in [9.17, 15) is 9.59 Å². The van der Waals surface area contributed by atoms with E-state index in [2.05, 4.69) is 24.4 Å².